The van der Waals surface area contributed by atoms with Crippen molar-refractivity contribution >= 4 is 22.1 Å². The van der Waals surface area contributed by atoms with Crippen molar-refractivity contribution in [3.63, 3.8) is 0 Å². The van der Waals surface area contributed by atoms with Crippen LogP contribution in [0.15, 0.2) is 78.0 Å². The summed E-state index contributed by atoms with van der Waals surface area (Å²) in [5.41, 5.74) is 7.67. The first kappa shape index (κ1) is 17.9. The van der Waals surface area contributed by atoms with Gasteiger partial charge in [0.2, 0.25) is 0 Å². The smallest absolute Gasteiger partial charge is 0.118 e. The highest BCUT2D eigenvalue weighted by atomic mass is 15.4. The quantitative estimate of drug-likeness (QED) is 0.448. The van der Waals surface area contributed by atoms with Crippen LogP contribution in [0.5, 0.6) is 0 Å². The molecule has 0 aromatic heterocycles. The summed E-state index contributed by atoms with van der Waals surface area (Å²) in [6.45, 7) is 0. The monoisotopic (exact) mass is 406 g/mol. The molecule has 31 heavy (non-hydrogen) atoms. The molecule has 3 aromatic carbocycles. The highest BCUT2D eigenvalue weighted by molar-refractivity contribution is 6.06. The van der Waals surface area contributed by atoms with Crippen LogP contribution in [0.1, 0.15) is 62.8 Å². The van der Waals surface area contributed by atoms with Crippen LogP contribution in [0.4, 0.5) is 11.4 Å². The van der Waals surface area contributed by atoms with Crippen molar-refractivity contribution in [1.82, 2.24) is 0 Å². The minimum absolute atomic E-state index is 0.00241. The second kappa shape index (κ2) is 6.63. The number of nitrogens with zero attached hydrogens (tertiary/aromatic N) is 1. The number of allylic oxidation sites excluding steroid dienone is 2. The van der Waals surface area contributed by atoms with Crippen LogP contribution in [0.25, 0.3) is 10.8 Å². The molecule has 2 heterocycles. The summed E-state index contributed by atoms with van der Waals surface area (Å²) in [4.78, 5) is 2.82. The number of nitrogens with one attached hydrogen (secondary N) is 1. The highest BCUT2D eigenvalue weighted by Crippen LogP contribution is 2.60. The first-order valence-corrected chi connectivity index (χ1v) is 12.2. The predicted octanol–water partition coefficient (Wildman–Crippen LogP) is 7.58. The van der Waals surface area contributed by atoms with Crippen LogP contribution in [-0.4, -0.2) is 5.66 Å². The van der Waals surface area contributed by atoms with E-state index in [4.69, 9.17) is 0 Å². The van der Waals surface area contributed by atoms with Gasteiger partial charge in [-0.2, -0.15) is 0 Å². The summed E-state index contributed by atoms with van der Waals surface area (Å²) in [5.74, 6) is 1.15. The fraction of sp³-hybridized carbons (Fsp3) is 0.379. The van der Waals surface area contributed by atoms with E-state index in [1.807, 2.05) is 0 Å². The van der Waals surface area contributed by atoms with Gasteiger partial charge in [0.15, 0.2) is 0 Å². The van der Waals surface area contributed by atoms with Crippen molar-refractivity contribution in [2.45, 2.75) is 62.9 Å². The fourth-order valence-electron chi connectivity index (χ4n) is 7.40. The topological polar surface area (TPSA) is 15.3 Å². The Hall–Kier alpha value is -2.74. The Balaban J connectivity index is 1.54. The van der Waals surface area contributed by atoms with Crippen molar-refractivity contribution in [2.75, 3.05) is 10.2 Å². The fourth-order valence-corrected chi connectivity index (χ4v) is 7.40. The van der Waals surface area contributed by atoms with Gasteiger partial charge in [0.1, 0.15) is 5.66 Å². The van der Waals surface area contributed by atoms with Gasteiger partial charge in [-0.05, 0) is 73.6 Å². The molecule has 0 saturated heterocycles. The third kappa shape index (κ3) is 2.39. The summed E-state index contributed by atoms with van der Waals surface area (Å²) in [6.07, 6.45) is 10.3. The summed E-state index contributed by atoms with van der Waals surface area (Å²) in [5, 5.41) is 6.97. The van der Waals surface area contributed by atoms with E-state index in [9.17, 15) is 0 Å². The van der Waals surface area contributed by atoms with Gasteiger partial charge < -0.3 is 10.2 Å². The zero-order chi connectivity index (χ0) is 20.4. The number of hydrogen-bond donors (Lipinski definition) is 1. The van der Waals surface area contributed by atoms with Crippen molar-refractivity contribution in [3.8, 4) is 0 Å². The van der Waals surface area contributed by atoms with E-state index in [1.54, 1.807) is 11.3 Å². The molecule has 2 heteroatoms. The zero-order valence-corrected chi connectivity index (χ0v) is 18.1. The maximum absolute atomic E-state index is 4.20. The van der Waals surface area contributed by atoms with E-state index in [0.717, 1.165) is 0 Å². The predicted molar refractivity (Wildman–Crippen MR) is 129 cm³/mol. The third-order valence-corrected chi connectivity index (χ3v) is 8.50. The van der Waals surface area contributed by atoms with Crippen LogP contribution < -0.4 is 10.2 Å². The second-order valence-electron chi connectivity index (χ2n) is 9.99. The molecule has 1 saturated carbocycles. The number of benzene rings is 3. The summed E-state index contributed by atoms with van der Waals surface area (Å²) in [7, 11) is 0. The molecule has 1 N–H and O–H groups in total. The van der Waals surface area contributed by atoms with Gasteiger partial charge in [0.05, 0.1) is 5.69 Å². The minimum Gasteiger partial charge on any atom is -0.362 e. The molecule has 2 aliphatic carbocycles. The Labute approximate surface area is 185 Å². The Kier molecular flexibility index (Phi) is 3.82. The van der Waals surface area contributed by atoms with Crippen LogP contribution in [0.3, 0.4) is 0 Å². The molecule has 3 atom stereocenters. The Bertz CT molecular complexity index is 1190. The van der Waals surface area contributed by atoms with E-state index in [-0.39, 0.29) is 5.66 Å². The lowest BCUT2D eigenvalue weighted by Crippen LogP contribution is -2.66. The van der Waals surface area contributed by atoms with Gasteiger partial charge in [-0.25, -0.2) is 0 Å². The molecule has 0 unspecified atom stereocenters. The molecule has 2 aliphatic heterocycles. The first-order chi connectivity index (χ1) is 15.4. The summed E-state index contributed by atoms with van der Waals surface area (Å²) in [6, 6.07) is 25.2. The molecule has 156 valence electrons. The minimum atomic E-state index is -0.00241. The van der Waals surface area contributed by atoms with E-state index in [2.05, 4.69) is 76.9 Å². The second-order valence-corrected chi connectivity index (χ2v) is 9.99. The largest absolute Gasteiger partial charge is 0.362 e. The van der Waals surface area contributed by atoms with Crippen molar-refractivity contribution in [3.05, 3.63) is 83.6 Å². The van der Waals surface area contributed by atoms with Crippen LogP contribution in [0.2, 0.25) is 0 Å². The van der Waals surface area contributed by atoms with E-state index >= 15 is 0 Å². The lowest BCUT2D eigenvalue weighted by molar-refractivity contribution is 0.169. The maximum atomic E-state index is 4.20. The van der Waals surface area contributed by atoms with E-state index in [0.29, 0.717) is 11.8 Å². The Morgan fingerprint density at radius 1 is 0.806 bits per heavy atom. The van der Waals surface area contributed by atoms with Crippen molar-refractivity contribution in [1.29, 1.82) is 0 Å². The normalized spacial score (nSPS) is 29.1. The molecule has 0 amide bonds. The van der Waals surface area contributed by atoms with Gasteiger partial charge in [-0.15, -0.1) is 0 Å². The van der Waals surface area contributed by atoms with E-state index in [1.165, 1.54) is 79.1 Å². The highest BCUT2D eigenvalue weighted by Gasteiger charge is 2.56. The standard InChI is InChI=1S/C29H30N2/c1-2-10-20(11-3-1)27-22-14-4-5-17-25(22)31-26-18-9-13-21-12-8-16-24(28(21)26)30-29(31)19-7-6-15-23(27)29/h1-3,8-13,16,18,23,27,30H,4-7,14-15,17,19H2/t23-,27+,29+/m1/s1. The SMILES string of the molecule is c1ccc([C@H]2C3=C(CCCC3)N3c4cccc5cccc(c45)N[C@@]34CCCC[C@H]24)cc1. The first-order valence-electron chi connectivity index (χ1n) is 12.2. The molecular formula is C29H30N2. The van der Waals surface area contributed by atoms with Gasteiger partial charge in [0.25, 0.3) is 0 Å². The van der Waals surface area contributed by atoms with Crippen LogP contribution in [-0.2, 0) is 0 Å². The third-order valence-electron chi connectivity index (χ3n) is 8.50. The lowest BCUT2D eigenvalue weighted by atomic mass is 9.61. The molecule has 0 bridgehead atoms. The average Bonchev–Trinajstić information content (AvgIpc) is 2.83. The molecule has 7 rings (SSSR count). The number of rotatable bonds is 1. The summed E-state index contributed by atoms with van der Waals surface area (Å²) < 4.78 is 0. The molecule has 0 radical (unpaired) electrons. The van der Waals surface area contributed by atoms with Crippen molar-refractivity contribution < 1.29 is 0 Å². The average molecular weight is 407 g/mol. The number of fused-ring (bicyclic) bond motifs is 2. The number of hydrogen-bond acceptors (Lipinski definition) is 2. The maximum Gasteiger partial charge on any atom is 0.118 e. The lowest BCUT2D eigenvalue weighted by Gasteiger charge is -2.62. The molecule has 1 fully saturated rings. The van der Waals surface area contributed by atoms with Gasteiger partial charge in [-0.3, -0.25) is 0 Å². The Morgan fingerprint density at radius 3 is 2.55 bits per heavy atom. The van der Waals surface area contributed by atoms with Crippen molar-refractivity contribution in [2.24, 2.45) is 5.92 Å². The zero-order valence-electron chi connectivity index (χ0n) is 18.1. The number of anilines is 2. The van der Waals surface area contributed by atoms with E-state index < -0.39 is 0 Å². The van der Waals surface area contributed by atoms with Crippen LogP contribution in [0, 0.1) is 5.92 Å². The molecule has 1 spiro atoms. The molecule has 3 aromatic rings. The Morgan fingerprint density at radius 2 is 1.65 bits per heavy atom. The van der Waals surface area contributed by atoms with Crippen LogP contribution >= 0.6 is 0 Å². The van der Waals surface area contributed by atoms with Gasteiger partial charge in [0, 0.05) is 28.6 Å². The summed E-state index contributed by atoms with van der Waals surface area (Å²) >= 11 is 0. The molecule has 4 aliphatic rings. The molecule has 2 nitrogen and oxygen atoms in total. The van der Waals surface area contributed by atoms with Gasteiger partial charge in [-0.1, -0.05) is 61.0 Å². The van der Waals surface area contributed by atoms with Gasteiger partial charge >= 0.3 is 0 Å². The molecular weight excluding hydrogens is 376 g/mol.